The smallest absolute Gasteiger partial charge is 0.352 e. The molecule has 1 aliphatic heterocycles. The normalized spacial score (nSPS) is 19.9. The second-order valence-electron chi connectivity index (χ2n) is 4.15. The predicted octanol–water partition coefficient (Wildman–Crippen LogP) is -0.672. The Balaban J connectivity index is 1.96. The van der Waals surface area contributed by atoms with Gasteiger partial charge in [-0.2, -0.15) is 5.10 Å². The first-order valence-corrected chi connectivity index (χ1v) is 5.47. The van der Waals surface area contributed by atoms with Crippen LogP contribution in [0.3, 0.4) is 0 Å². The summed E-state index contributed by atoms with van der Waals surface area (Å²) in [5.41, 5.74) is -0.0798. The number of carbonyl (C=O) groups is 3. The van der Waals surface area contributed by atoms with Crippen molar-refractivity contribution in [2.24, 2.45) is 5.10 Å². The molecule has 92 valence electrons. The molecule has 0 aromatic carbocycles. The number of amides is 2. The summed E-state index contributed by atoms with van der Waals surface area (Å²) in [6.45, 7) is -0.202. The highest BCUT2D eigenvalue weighted by Gasteiger charge is 2.28. The fraction of sp³-hybridized carbons (Fsp3) is 0.600. The second-order valence-corrected chi connectivity index (χ2v) is 4.15. The topological polar surface area (TPSA) is 99.1 Å². The molecule has 1 aliphatic carbocycles. The van der Waals surface area contributed by atoms with Gasteiger partial charge < -0.3 is 10.4 Å². The van der Waals surface area contributed by atoms with Gasteiger partial charge in [-0.25, -0.2) is 9.80 Å². The van der Waals surface area contributed by atoms with Gasteiger partial charge in [0.2, 0.25) is 11.8 Å². The van der Waals surface area contributed by atoms with Crippen molar-refractivity contribution < 1.29 is 19.5 Å². The van der Waals surface area contributed by atoms with E-state index < -0.39 is 5.97 Å². The third-order valence-corrected chi connectivity index (χ3v) is 2.59. The van der Waals surface area contributed by atoms with Gasteiger partial charge in [0.25, 0.3) is 0 Å². The summed E-state index contributed by atoms with van der Waals surface area (Å²) in [5.74, 6) is -1.76. The Bertz CT molecular complexity index is 400. The van der Waals surface area contributed by atoms with E-state index in [0.717, 1.165) is 17.9 Å². The number of rotatable bonds is 4. The lowest BCUT2D eigenvalue weighted by atomic mass is 10.2. The summed E-state index contributed by atoms with van der Waals surface area (Å²) in [6, 6.07) is 0.213. The fourth-order valence-electron chi connectivity index (χ4n) is 1.52. The lowest BCUT2D eigenvalue weighted by Crippen LogP contribution is -2.41. The van der Waals surface area contributed by atoms with Gasteiger partial charge in [-0.05, 0) is 12.8 Å². The van der Waals surface area contributed by atoms with Gasteiger partial charge in [0, 0.05) is 18.9 Å². The van der Waals surface area contributed by atoms with E-state index in [-0.39, 0.29) is 43.0 Å². The summed E-state index contributed by atoms with van der Waals surface area (Å²) < 4.78 is 0. The summed E-state index contributed by atoms with van der Waals surface area (Å²) in [7, 11) is 0. The Labute approximate surface area is 97.5 Å². The first kappa shape index (κ1) is 11.6. The van der Waals surface area contributed by atoms with E-state index in [2.05, 4.69) is 10.4 Å². The molecule has 0 saturated heterocycles. The van der Waals surface area contributed by atoms with Crippen molar-refractivity contribution in [3.8, 4) is 0 Å². The van der Waals surface area contributed by atoms with Crippen LogP contribution in [0, 0.1) is 0 Å². The van der Waals surface area contributed by atoms with Crippen LogP contribution >= 0.6 is 0 Å². The number of hydrogen-bond donors (Lipinski definition) is 2. The monoisotopic (exact) mass is 239 g/mol. The van der Waals surface area contributed by atoms with Gasteiger partial charge in [-0.3, -0.25) is 9.59 Å². The van der Waals surface area contributed by atoms with Gasteiger partial charge >= 0.3 is 5.97 Å². The Morgan fingerprint density at radius 1 is 1.41 bits per heavy atom. The van der Waals surface area contributed by atoms with Gasteiger partial charge in [0.15, 0.2) is 0 Å². The summed E-state index contributed by atoms with van der Waals surface area (Å²) in [5, 5.41) is 16.1. The summed E-state index contributed by atoms with van der Waals surface area (Å²) in [6.07, 6.45) is 2.13. The van der Waals surface area contributed by atoms with Gasteiger partial charge in [0.1, 0.15) is 12.3 Å². The number of carboxylic acid groups (broad SMARTS) is 1. The van der Waals surface area contributed by atoms with Crippen LogP contribution in [0.25, 0.3) is 0 Å². The average Bonchev–Trinajstić information content (AvgIpc) is 3.04. The molecule has 2 amide bonds. The van der Waals surface area contributed by atoms with Crippen molar-refractivity contribution in [3.05, 3.63) is 0 Å². The van der Waals surface area contributed by atoms with Crippen molar-refractivity contribution in [1.29, 1.82) is 0 Å². The number of nitrogens with one attached hydrogen (secondary N) is 1. The molecule has 1 saturated carbocycles. The molecule has 17 heavy (non-hydrogen) atoms. The number of hydrogen-bond acceptors (Lipinski definition) is 4. The lowest BCUT2D eigenvalue weighted by Gasteiger charge is -2.21. The molecule has 0 atom stereocenters. The molecule has 0 radical (unpaired) electrons. The summed E-state index contributed by atoms with van der Waals surface area (Å²) in [4.78, 5) is 33.6. The zero-order valence-corrected chi connectivity index (χ0v) is 9.18. The largest absolute Gasteiger partial charge is 0.477 e. The number of nitrogens with zero attached hydrogens (tertiary/aromatic N) is 2. The average molecular weight is 239 g/mol. The minimum Gasteiger partial charge on any atom is -0.477 e. The molecule has 7 heteroatoms. The van der Waals surface area contributed by atoms with Crippen molar-refractivity contribution in [2.45, 2.75) is 31.7 Å². The third kappa shape index (κ3) is 3.02. The molecule has 0 bridgehead atoms. The molecule has 2 N–H and O–H groups in total. The van der Waals surface area contributed by atoms with E-state index in [9.17, 15) is 14.4 Å². The van der Waals surface area contributed by atoms with Crippen LogP contribution in [-0.2, 0) is 14.4 Å². The molecule has 0 aromatic rings. The Hall–Kier alpha value is -1.92. The van der Waals surface area contributed by atoms with Crippen LogP contribution in [0.4, 0.5) is 0 Å². The lowest BCUT2D eigenvalue weighted by molar-refractivity contribution is -0.137. The van der Waals surface area contributed by atoms with Gasteiger partial charge in [-0.1, -0.05) is 0 Å². The quantitative estimate of drug-likeness (QED) is 0.679. The highest BCUT2D eigenvalue weighted by molar-refractivity contribution is 6.36. The van der Waals surface area contributed by atoms with Crippen LogP contribution in [0.1, 0.15) is 25.7 Å². The maximum Gasteiger partial charge on any atom is 0.352 e. The molecule has 0 unspecified atom stereocenters. The molecule has 7 nitrogen and oxygen atoms in total. The van der Waals surface area contributed by atoms with Crippen LogP contribution in [0.5, 0.6) is 0 Å². The number of carboxylic acids is 1. The Kier molecular flexibility index (Phi) is 3.08. The van der Waals surface area contributed by atoms with E-state index >= 15 is 0 Å². The first-order valence-electron chi connectivity index (χ1n) is 5.47. The maximum absolute atomic E-state index is 11.5. The van der Waals surface area contributed by atoms with Crippen LogP contribution < -0.4 is 5.32 Å². The minimum atomic E-state index is -1.15. The van der Waals surface area contributed by atoms with Gasteiger partial charge in [0.05, 0.1) is 0 Å². The third-order valence-electron chi connectivity index (χ3n) is 2.59. The number of hydrazone groups is 1. The number of aliphatic carboxylic acids is 1. The van der Waals surface area contributed by atoms with Crippen LogP contribution in [-0.4, -0.2) is 46.2 Å². The van der Waals surface area contributed by atoms with E-state index in [1.807, 2.05) is 0 Å². The van der Waals surface area contributed by atoms with Gasteiger partial charge in [-0.15, -0.1) is 0 Å². The molecular formula is C10H13N3O4. The zero-order valence-electron chi connectivity index (χ0n) is 9.18. The predicted molar refractivity (Wildman–Crippen MR) is 57.2 cm³/mol. The molecule has 1 fully saturated rings. The highest BCUT2D eigenvalue weighted by atomic mass is 16.4. The second kappa shape index (κ2) is 4.52. The molecule has 0 aromatic heterocycles. The molecule has 2 aliphatic rings. The van der Waals surface area contributed by atoms with Crippen molar-refractivity contribution in [3.63, 3.8) is 0 Å². The fourth-order valence-corrected chi connectivity index (χ4v) is 1.52. The standard InChI is InChI=1S/C10H13N3O4/c14-8(11-6-1-2-6)5-13-9(15)4-3-7(12-13)10(16)17/h6H,1-5H2,(H,11,14)(H,16,17). The van der Waals surface area contributed by atoms with Crippen LogP contribution in [0.15, 0.2) is 5.10 Å². The minimum absolute atomic E-state index is 0.0798. The molecule has 0 spiro atoms. The van der Waals surface area contributed by atoms with Crippen molar-refractivity contribution in [2.75, 3.05) is 6.54 Å². The highest BCUT2D eigenvalue weighted by Crippen LogP contribution is 2.18. The van der Waals surface area contributed by atoms with E-state index in [4.69, 9.17) is 5.11 Å². The Morgan fingerprint density at radius 3 is 2.71 bits per heavy atom. The van der Waals surface area contributed by atoms with E-state index in [0.29, 0.717) is 0 Å². The Morgan fingerprint density at radius 2 is 2.12 bits per heavy atom. The molecule has 2 rings (SSSR count). The van der Waals surface area contributed by atoms with E-state index in [1.54, 1.807) is 0 Å². The van der Waals surface area contributed by atoms with Crippen molar-refractivity contribution in [1.82, 2.24) is 10.3 Å². The summed E-state index contributed by atoms with van der Waals surface area (Å²) >= 11 is 0. The zero-order chi connectivity index (χ0) is 12.4. The number of carbonyl (C=O) groups excluding carboxylic acids is 2. The van der Waals surface area contributed by atoms with Crippen molar-refractivity contribution >= 4 is 23.5 Å². The molecular weight excluding hydrogens is 226 g/mol. The first-order chi connectivity index (χ1) is 8.06. The SMILES string of the molecule is O=C(CN1N=C(C(=O)O)CCC1=O)NC1CC1. The molecule has 1 heterocycles. The maximum atomic E-state index is 11.5. The van der Waals surface area contributed by atoms with E-state index in [1.165, 1.54) is 0 Å². The van der Waals surface area contributed by atoms with Crippen LogP contribution in [0.2, 0.25) is 0 Å².